The number of ether oxygens (including phenoxy) is 4. The zero-order valence-corrected chi connectivity index (χ0v) is 21.1. The fourth-order valence-corrected chi connectivity index (χ4v) is 4.16. The van der Waals surface area contributed by atoms with Crippen LogP contribution in [0.4, 0.5) is 0 Å². The van der Waals surface area contributed by atoms with Gasteiger partial charge in [-0.3, -0.25) is 9.59 Å². The van der Waals surface area contributed by atoms with E-state index in [9.17, 15) is 14.7 Å². The molecule has 1 atom stereocenters. The molecule has 35 heavy (non-hydrogen) atoms. The van der Waals surface area contributed by atoms with Gasteiger partial charge in [0.05, 0.1) is 45.7 Å². The van der Waals surface area contributed by atoms with Crippen molar-refractivity contribution >= 4 is 17.4 Å². The van der Waals surface area contributed by atoms with Crippen LogP contribution in [-0.2, 0) is 20.7 Å². The smallest absolute Gasteiger partial charge is 0.295 e. The average molecular weight is 484 g/mol. The first-order valence-corrected chi connectivity index (χ1v) is 11.6. The number of rotatable bonds is 10. The molecule has 188 valence electrons. The van der Waals surface area contributed by atoms with E-state index in [1.807, 2.05) is 32.9 Å². The quantitative estimate of drug-likeness (QED) is 0.309. The average Bonchev–Trinajstić information content (AvgIpc) is 3.12. The molecular formula is C27H33NO7. The number of benzene rings is 2. The summed E-state index contributed by atoms with van der Waals surface area (Å²) in [4.78, 5) is 27.8. The molecule has 8 nitrogen and oxygen atoms in total. The van der Waals surface area contributed by atoms with E-state index in [1.54, 1.807) is 24.3 Å². The van der Waals surface area contributed by atoms with Crippen LogP contribution >= 0.6 is 0 Å². The van der Waals surface area contributed by atoms with E-state index < -0.39 is 17.7 Å². The molecule has 1 N–H and O–H groups in total. The molecule has 0 radical (unpaired) electrons. The number of Topliss-reactive ketones (excluding diaryl/α,β-unsaturated/α-hetero) is 1. The Balaban J connectivity index is 2.20. The minimum atomic E-state index is -0.870. The van der Waals surface area contributed by atoms with Gasteiger partial charge in [0.15, 0.2) is 11.5 Å². The fourth-order valence-electron chi connectivity index (χ4n) is 4.16. The molecule has 1 fully saturated rings. The summed E-state index contributed by atoms with van der Waals surface area (Å²) in [6.07, 6.45) is 0.802. The molecule has 0 bridgehead atoms. The van der Waals surface area contributed by atoms with Gasteiger partial charge in [-0.25, -0.2) is 0 Å². The number of methoxy groups -OCH3 is 3. The second kappa shape index (κ2) is 11.3. The van der Waals surface area contributed by atoms with Crippen molar-refractivity contribution in [2.45, 2.75) is 39.3 Å². The largest absolute Gasteiger partial charge is 0.507 e. The van der Waals surface area contributed by atoms with Crippen molar-refractivity contribution in [2.75, 3.05) is 34.5 Å². The van der Waals surface area contributed by atoms with Crippen LogP contribution < -0.4 is 14.2 Å². The molecular weight excluding hydrogens is 450 g/mol. The van der Waals surface area contributed by atoms with E-state index in [2.05, 4.69) is 0 Å². The number of likely N-dealkylation sites (tertiary alicyclic amines) is 1. The Morgan fingerprint density at radius 3 is 2.09 bits per heavy atom. The van der Waals surface area contributed by atoms with Gasteiger partial charge >= 0.3 is 0 Å². The standard InChI is InChI=1S/C27H33NO7/c1-7-17-8-10-18(11-9-17)24(29)22-23(28(27(31)25(22)30)12-13-35-16(2)3)19-14-20(32-4)26(34-6)21(15-19)33-5/h8-11,14-16,23,29H,7,12-13H2,1-6H3/b24-22+. The summed E-state index contributed by atoms with van der Waals surface area (Å²) < 4.78 is 22.1. The van der Waals surface area contributed by atoms with Crippen molar-refractivity contribution in [3.63, 3.8) is 0 Å². The van der Waals surface area contributed by atoms with Crippen LogP contribution in [-0.4, -0.2) is 62.3 Å². The van der Waals surface area contributed by atoms with Gasteiger partial charge in [-0.1, -0.05) is 31.2 Å². The summed E-state index contributed by atoms with van der Waals surface area (Å²) in [7, 11) is 4.48. The molecule has 1 amide bonds. The van der Waals surface area contributed by atoms with Crippen molar-refractivity contribution < 1.29 is 33.6 Å². The van der Waals surface area contributed by atoms with Gasteiger partial charge in [0.1, 0.15) is 5.76 Å². The zero-order chi connectivity index (χ0) is 25.7. The van der Waals surface area contributed by atoms with Gasteiger partial charge in [-0.15, -0.1) is 0 Å². The van der Waals surface area contributed by atoms with Crippen molar-refractivity contribution in [1.29, 1.82) is 0 Å². The maximum atomic E-state index is 13.2. The van der Waals surface area contributed by atoms with E-state index in [0.717, 1.165) is 12.0 Å². The molecule has 1 heterocycles. The molecule has 0 saturated carbocycles. The lowest BCUT2D eigenvalue weighted by Crippen LogP contribution is -2.33. The first-order chi connectivity index (χ1) is 16.8. The van der Waals surface area contributed by atoms with Crippen molar-refractivity contribution in [3.05, 3.63) is 58.7 Å². The SMILES string of the molecule is CCc1ccc(/C(O)=C2\C(=O)C(=O)N(CCOC(C)C)C2c2cc(OC)c(OC)c(OC)c2)cc1. The monoisotopic (exact) mass is 483 g/mol. The predicted molar refractivity (Wildman–Crippen MR) is 132 cm³/mol. The van der Waals surface area contributed by atoms with E-state index in [1.165, 1.54) is 26.2 Å². The summed E-state index contributed by atoms with van der Waals surface area (Å²) in [5.41, 5.74) is 2.08. The van der Waals surface area contributed by atoms with Crippen LogP contribution in [0.15, 0.2) is 42.0 Å². The summed E-state index contributed by atoms with van der Waals surface area (Å²) in [5, 5.41) is 11.3. The van der Waals surface area contributed by atoms with E-state index in [0.29, 0.717) is 28.4 Å². The third-order valence-corrected chi connectivity index (χ3v) is 5.96. The molecule has 8 heteroatoms. The number of nitrogens with zero attached hydrogens (tertiary/aromatic N) is 1. The van der Waals surface area contributed by atoms with Crippen LogP contribution in [0.1, 0.15) is 43.5 Å². The predicted octanol–water partition coefficient (Wildman–Crippen LogP) is 4.12. The first-order valence-electron chi connectivity index (χ1n) is 11.6. The van der Waals surface area contributed by atoms with Crippen LogP contribution in [0.3, 0.4) is 0 Å². The number of aliphatic hydroxyl groups excluding tert-OH is 1. The van der Waals surface area contributed by atoms with Crippen LogP contribution in [0.25, 0.3) is 5.76 Å². The summed E-state index contributed by atoms with van der Waals surface area (Å²) in [5.74, 6) is -0.574. The van der Waals surface area contributed by atoms with Crippen LogP contribution in [0.5, 0.6) is 17.2 Å². The summed E-state index contributed by atoms with van der Waals surface area (Å²) >= 11 is 0. The summed E-state index contributed by atoms with van der Waals surface area (Å²) in [6.45, 7) is 6.21. The molecule has 3 rings (SSSR count). The lowest BCUT2D eigenvalue weighted by Gasteiger charge is -2.26. The first kappa shape index (κ1) is 26.1. The molecule has 0 aliphatic carbocycles. The third-order valence-electron chi connectivity index (χ3n) is 5.96. The van der Waals surface area contributed by atoms with Gasteiger partial charge in [0, 0.05) is 12.1 Å². The highest BCUT2D eigenvalue weighted by Gasteiger charge is 2.46. The highest BCUT2D eigenvalue weighted by atomic mass is 16.5. The van der Waals surface area contributed by atoms with E-state index in [-0.39, 0.29) is 30.6 Å². The van der Waals surface area contributed by atoms with E-state index >= 15 is 0 Å². The van der Waals surface area contributed by atoms with Crippen LogP contribution in [0.2, 0.25) is 0 Å². The van der Waals surface area contributed by atoms with Crippen LogP contribution in [0, 0.1) is 0 Å². The molecule has 1 unspecified atom stereocenters. The number of aryl methyl sites for hydroxylation is 1. The Hall–Kier alpha value is -3.52. The van der Waals surface area contributed by atoms with E-state index in [4.69, 9.17) is 18.9 Å². The third kappa shape index (κ3) is 5.27. The number of amides is 1. The van der Waals surface area contributed by atoms with Gasteiger partial charge < -0.3 is 29.0 Å². The Labute approximate surface area is 206 Å². The van der Waals surface area contributed by atoms with Gasteiger partial charge in [-0.05, 0) is 43.5 Å². The maximum Gasteiger partial charge on any atom is 0.295 e. The van der Waals surface area contributed by atoms with Crippen molar-refractivity contribution in [2.24, 2.45) is 0 Å². The van der Waals surface area contributed by atoms with Gasteiger partial charge in [0.2, 0.25) is 5.75 Å². The van der Waals surface area contributed by atoms with Crippen molar-refractivity contribution in [3.8, 4) is 17.2 Å². The topological polar surface area (TPSA) is 94.5 Å². The lowest BCUT2D eigenvalue weighted by atomic mass is 9.94. The summed E-state index contributed by atoms with van der Waals surface area (Å²) in [6, 6.07) is 9.76. The maximum absolute atomic E-state index is 13.2. The molecule has 2 aromatic carbocycles. The Bertz CT molecular complexity index is 1080. The zero-order valence-electron chi connectivity index (χ0n) is 21.1. The molecule has 1 saturated heterocycles. The normalized spacial score (nSPS) is 17.2. The van der Waals surface area contributed by atoms with Gasteiger partial charge in [-0.2, -0.15) is 0 Å². The Morgan fingerprint density at radius 1 is 1.00 bits per heavy atom. The number of carbonyl (C=O) groups excluding carboxylic acids is 2. The minimum absolute atomic E-state index is 0.00179. The number of hydrogen-bond donors (Lipinski definition) is 1. The highest BCUT2D eigenvalue weighted by molar-refractivity contribution is 6.46. The fraction of sp³-hybridized carbons (Fsp3) is 0.407. The van der Waals surface area contributed by atoms with Gasteiger partial charge in [0.25, 0.3) is 11.7 Å². The van der Waals surface area contributed by atoms with Crippen molar-refractivity contribution in [1.82, 2.24) is 4.90 Å². The second-order valence-electron chi connectivity index (χ2n) is 8.42. The molecule has 1 aliphatic rings. The second-order valence-corrected chi connectivity index (χ2v) is 8.42. The molecule has 1 aliphatic heterocycles. The number of carbonyl (C=O) groups is 2. The lowest BCUT2D eigenvalue weighted by molar-refractivity contribution is -0.140. The number of hydrogen-bond acceptors (Lipinski definition) is 7. The number of ketones is 1. The Morgan fingerprint density at radius 2 is 1.60 bits per heavy atom. The highest BCUT2D eigenvalue weighted by Crippen LogP contribution is 2.45. The number of aliphatic hydroxyl groups is 1. The molecule has 0 spiro atoms. The Kier molecular flexibility index (Phi) is 8.40. The molecule has 0 aromatic heterocycles. The molecule has 2 aromatic rings. The minimum Gasteiger partial charge on any atom is -0.507 e.